The second-order valence-electron chi connectivity index (χ2n) is 6.57. The van der Waals surface area contributed by atoms with E-state index in [2.05, 4.69) is 15.7 Å². The zero-order chi connectivity index (χ0) is 18.4. The molecule has 0 spiro atoms. The Kier molecular flexibility index (Phi) is 6.14. The number of nitrogens with one attached hydrogen (secondary N) is 2. The SMILES string of the molecule is CC(CCc1cccc(F)c1)NC(=O)NCC(C)(O)c1cnn(C)c1. The van der Waals surface area contributed by atoms with Crippen LogP contribution in [0.25, 0.3) is 0 Å². The molecule has 136 valence electrons. The summed E-state index contributed by atoms with van der Waals surface area (Å²) in [5.41, 5.74) is 0.333. The summed E-state index contributed by atoms with van der Waals surface area (Å²) in [6.07, 6.45) is 4.64. The van der Waals surface area contributed by atoms with Gasteiger partial charge in [-0.3, -0.25) is 4.68 Å². The number of carbonyl (C=O) groups excluding carboxylic acids is 1. The first-order chi connectivity index (χ1) is 11.8. The van der Waals surface area contributed by atoms with E-state index in [0.717, 1.165) is 5.56 Å². The van der Waals surface area contributed by atoms with Gasteiger partial charge in [-0.2, -0.15) is 5.10 Å². The first-order valence-electron chi connectivity index (χ1n) is 8.26. The maximum Gasteiger partial charge on any atom is 0.315 e. The first kappa shape index (κ1) is 18.9. The Bertz CT molecular complexity index is 715. The van der Waals surface area contributed by atoms with Crippen LogP contribution < -0.4 is 10.6 Å². The van der Waals surface area contributed by atoms with Crippen molar-refractivity contribution in [2.24, 2.45) is 7.05 Å². The molecular weight excluding hydrogens is 323 g/mol. The lowest BCUT2D eigenvalue weighted by Crippen LogP contribution is -2.46. The number of benzene rings is 1. The van der Waals surface area contributed by atoms with Gasteiger partial charge in [-0.15, -0.1) is 0 Å². The summed E-state index contributed by atoms with van der Waals surface area (Å²) >= 11 is 0. The Balaban J connectivity index is 1.75. The van der Waals surface area contributed by atoms with Crippen LogP contribution in [0.5, 0.6) is 0 Å². The number of rotatable bonds is 7. The van der Waals surface area contributed by atoms with E-state index >= 15 is 0 Å². The van der Waals surface area contributed by atoms with E-state index in [1.165, 1.54) is 12.1 Å². The normalized spacial score (nSPS) is 14.6. The van der Waals surface area contributed by atoms with Crippen molar-refractivity contribution in [2.45, 2.75) is 38.3 Å². The fourth-order valence-electron chi connectivity index (χ4n) is 2.48. The number of nitrogens with zero attached hydrogens (tertiary/aromatic N) is 2. The predicted molar refractivity (Wildman–Crippen MR) is 93.5 cm³/mol. The molecule has 2 amide bonds. The van der Waals surface area contributed by atoms with Gasteiger partial charge in [-0.25, -0.2) is 9.18 Å². The Hall–Kier alpha value is -2.41. The van der Waals surface area contributed by atoms with E-state index in [1.54, 1.807) is 37.1 Å². The molecule has 0 aliphatic carbocycles. The molecule has 2 aromatic rings. The summed E-state index contributed by atoms with van der Waals surface area (Å²) in [7, 11) is 1.76. The molecule has 0 fully saturated rings. The first-order valence-corrected chi connectivity index (χ1v) is 8.26. The lowest BCUT2D eigenvalue weighted by molar-refractivity contribution is 0.0592. The minimum atomic E-state index is -1.20. The van der Waals surface area contributed by atoms with Gasteiger partial charge >= 0.3 is 6.03 Å². The van der Waals surface area contributed by atoms with Crippen molar-refractivity contribution in [1.82, 2.24) is 20.4 Å². The standard InChI is InChI=1S/C18H25FN4O2/c1-13(7-8-14-5-4-6-16(19)9-14)22-17(24)20-12-18(2,25)15-10-21-23(3)11-15/h4-6,9-11,13,25H,7-8,12H2,1-3H3,(H2,20,22,24). The van der Waals surface area contributed by atoms with E-state index in [1.807, 2.05) is 13.0 Å². The van der Waals surface area contributed by atoms with Crippen LogP contribution in [0.3, 0.4) is 0 Å². The molecule has 0 bridgehead atoms. The van der Waals surface area contributed by atoms with Crippen molar-refractivity contribution in [3.05, 3.63) is 53.6 Å². The molecule has 2 unspecified atom stereocenters. The summed E-state index contributed by atoms with van der Waals surface area (Å²) in [5, 5.41) is 19.9. The maximum atomic E-state index is 13.1. The van der Waals surface area contributed by atoms with Crippen molar-refractivity contribution < 1.29 is 14.3 Å². The Morgan fingerprint density at radius 1 is 1.48 bits per heavy atom. The molecule has 3 N–H and O–H groups in total. The minimum absolute atomic E-state index is 0.0706. The fourth-order valence-corrected chi connectivity index (χ4v) is 2.48. The highest BCUT2D eigenvalue weighted by molar-refractivity contribution is 5.74. The van der Waals surface area contributed by atoms with Crippen LogP contribution in [-0.4, -0.2) is 33.5 Å². The highest BCUT2D eigenvalue weighted by Crippen LogP contribution is 2.18. The van der Waals surface area contributed by atoms with Crippen molar-refractivity contribution in [1.29, 1.82) is 0 Å². The Labute approximate surface area is 147 Å². The molecule has 6 nitrogen and oxygen atoms in total. The molecule has 1 aromatic heterocycles. The number of amides is 2. The number of carbonyl (C=O) groups is 1. The van der Waals surface area contributed by atoms with E-state index in [4.69, 9.17) is 0 Å². The minimum Gasteiger partial charge on any atom is -0.383 e. The summed E-state index contributed by atoms with van der Waals surface area (Å²) in [4.78, 5) is 12.0. The third-order valence-corrected chi connectivity index (χ3v) is 4.05. The van der Waals surface area contributed by atoms with E-state index in [-0.39, 0.29) is 24.4 Å². The number of halogens is 1. The van der Waals surface area contributed by atoms with Crippen molar-refractivity contribution in [3.8, 4) is 0 Å². The van der Waals surface area contributed by atoms with Gasteiger partial charge in [-0.05, 0) is 44.4 Å². The molecule has 2 rings (SSSR count). The molecule has 0 saturated carbocycles. The zero-order valence-electron chi connectivity index (χ0n) is 14.8. The van der Waals surface area contributed by atoms with Crippen molar-refractivity contribution >= 4 is 6.03 Å². The number of aromatic nitrogens is 2. The number of aliphatic hydroxyl groups is 1. The molecule has 7 heteroatoms. The lowest BCUT2D eigenvalue weighted by Gasteiger charge is -2.23. The monoisotopic (exact) mass is 348 g/mol. The summed E-state index contributed by atoms with van der Waals surface area (Å²) in [6.45, 7) is 3.58. The topological polar surface area (TPSA) is 79.2 Å². The van der Waals surface area contributed by atoms with Crippen molar-refractivity contribution in [2.75, 3.05) is 6.54 Å². The molecule has 0 radical (unpaired) electrons. The van der Waals surface area contributed by atoms with E-state index < -0.39 is 5.60 Å². The Morgan fingerprint density at radius 3 is 2.88 bits per heavy atom. The number of hydrogen-bond donors (Lipinski definition) is 3. The number of urea groups is 1. The van der Waals surface area contributed by atoms with Gasteiger partial charge in [0.15, 0.2) is 0 Å². The molecule has 25 heavy (non-hydrogen) atoms. The molecule has 0 aliphatic rings. The van der Waals surface area contributed by atoms with Gasteiger partial charge in [0, 0.05) is 24.8 Å². The van der Waals surface area contributed by atoms with Crippen molar-refractivity contribution in [3.63, 3.8) is 0 Å². The van der Waals surface area contributed by atoms with E-state index in [0.29, 0.717) is 18.4 Å². The van der Waals surface area contributed by atoms with Gasteiger partial charge < -0.3 is 15.7 Å². The highest BCUT2D eigenvalue weighted by atomic mass is 19.1. The quantitative estimate of drug-likeness (QED) is 0.717. The van der Waals surface area contributed by atoms with Crippen LogP contribution in [0.4, 0.5) is 9.18 Å². The number of aryl methyl sites for hydroxylation is 2. The molecule has 0 saturated heterocycles. The van der Waals surface area contributed by atoms with Gasteiger partial charge in [0.25, 0.3) is 0 Å². The molecule has 1 aromatic carbocycles. The van der Waals surface area contributed by atoms with Crippen LogP contribution in [0.15, 0.2) is 36.7 Å². The van der Waals surface area contributed by atoms with Gasteiger partial charge in [-0.1, -0.05) is 12.1 Å². The van der Waals surface area contributed by atoms with Crippen LogP contribution in [-0.2, 0) is 19.1 Å². The maximum absolute atomic E-state index is 13.1. The average molecular weight is 348 g/mol. The van der Waals surface area contributed by atoms with Crippen LogP contribution in [0, 0.1) is 5.82 Å². The molecular formula is C18H25FN4O2. The van der Waals surface area contributed by atoms with Gasteiger partial charge in [0.05, 0.1) is 12.7 Å². The fraction of sp³-hybridized carbons (Fsp3) is 0.444. The molecule has 0 aliphatic heterocycles. The predicted octanol–water partition coefficient (Wildman–Crippen LogP) is 2.09. The second kappa shape index (κ2) is 8.11. The summed E-state index contributed by atoms with van der Waals surface area (Å²) < 4.78 is 14.7. The van der Waals surface area contributed by atoms with Crippen LogP contribution in [0.2, 0.25) is 0 Å². The van der Waals surface area contributed by atoms with Gasteiger partial charge in [0.2, 0.25) is 0 Å². The second-order valence-corrected chi connectivity index (χ2v) is 6.57. The smallest absolute Gasteiger partial charge is 0.315 e. The van der Waals surface area contributed by atoms with E-state index in [9.17, 15) is 14.3 Å². The van der Waals surface area contributed by atoms with Gasteiger partial charge in [0.1, 0.15) is 11.4 Å². The third kappa shape index (κ3) is 5.86. The lowest BCUT2D eigenvalue weighted by atomic mass is 10.00. The molecule has 1 heterocycles. The zero-order valence-corrected chi connectivity index (χ0v) is 14.8. The summed E-state index contributed by atoms with van der Waals surface area (Å²) in [5.74, 6) is -0.256. The third-order valence-electron chi connectivity index (χ3n) is 4.05. The van der Waals surface area contributed by atoms with Crippen LogP contribution in [0.1, 0.15) is 31.4 Å². The summed E-state index contributed by atoms with van der Waals surface area (Å²) in [6, 6.07) is 6.02. The average Bonchev–Trinajstić information content (AvgIpc) is 2.99. The largest absolute Gasteiger partial charge is 0.383 e. The number of hydrogen-bond acceptors (Lipinski definition) is 3. The highest BCUT2D eigenvalue weighted by Gasteiger charge is 2.25. The van der Waals surface area contributed by atoms with Crippen LogP contribution >= 0.6 is 0 Å². The molecule has 2 atom stereocenters. The Morgan fingerprint density at radius 2 is 2.24 bits per heavy atom.